The van der Waals surface area contributed by atoms with Crippen molar-refractivity contribution < 1.29 is 13.9 Å². The molecule has 2 aromatic heterocycles. The van der Waals surface area contributed by atoms with Gasteiger partial charge in [-0.05, 0) is 32.0 Å². The Balaban J connectivity index is 1.76. The molecule has 0 bridgehead atoms. The number of aromatic nitrogens is 4. The molecule has 0 aliphatic carbocycles. The van der Waals surface area contributed by atoms with Crippen LogP contribution in [0.15, 0.2) is 22.6 Å². The molecular formula is C16H16N4O3. The number of rotatable bonds is 4. The van der Waals surface area contributed by atoms with E-state index in [0.717, 1.165) is 16.9 Å². The molecule has 0 amide bonds. The average molecular weight is 312 g/mol. The SMILES string of the molecule is CCc1nnc(COC(=O)c2ccc3nc(C)c(C)nc3c2)o1. The second-order valence-electron chi connectivity index (χ2n) is 5.12. The molecule has 0 saturated carbocycles. The summed E-state index contributed by atoms with van der Waals surface area (Å²) in [5.41, 5.74) is 3.52. The number of carbonyl (C=O) groups excluding carboxylic acids is 1. The highest BCUT2D eigenvalue weighted by molar-refractivity contribution is 5.93. The van der Waals surface area contributed by atoms with E-state index in [4.69, 9.17) is 9.15 Å². The molecule has 0 spiro atoms. The molecule has 0 fully saturated rings. The molecule has 0 saturated heterocycles. The van der Waals surface area contributed by atoms with Gasteiger partial charge in [-0.1, -0.05) is 6.92 Å². The molecule has 0 aliphatic heterocycles. The first-order chi connectivity index (χ1) is 11.1. The molecule has 23 heavy (non-hydrogen) atoms. The maximum absolute atomic E-state index is 12.1. The van der Waals surface area contributed by atoms with Crippen LogP contribution in [0.2, 0.25) is 0 Å². The Hall–Kier alpha value is -2.83. The van der Waals surface area contributed by atoms with Crippen molar-refractivity contribution in [2.24, 2.45) is 0 Å². The Morgan fingerprint density at radius 2 is 1.78 bits per heavy atom. The van der Waals surface area contributed by atoms with Gasteiger partial charge >= 0.3 is 5.97 Å². The molecule has 3 rings (SSSR count). The van der Waals surface area contributed by atoms with Crippen molar-refractivity contribution in [1.29, 1.82) is 0 Å². The maximum atomic E-state index is 12.1. The Morgan fingerprint density at radius 1 is 1.09 bits per heavy atom. The van der Waals surface area contributed by atoms with E-state index < -0.39 is 5.97 Å². The summed E-state index contributed by atoms with van der Waals surface area (Å²) in [6, 6.07) is 5.09. The van der Waals surface area contributed by atoms with E-state index in [-0.39, 0.29) is 12.5 Å². The summed E-state index contributed by atoms with van der Waals surface area (Å²) < 4.78 is 10.5. The normalized spacial score (nSPS) is 10.9. The van der Waals surface area contributed by atoms with Gasteiger partial charge < -0.3 is 9.15 Å². The van der Waals surface area contributed by atoms with Crippen molar-refractivity contribution in [3.63, 3.8) is 0 Å². The van der Waals surface area contributed by atoms with Crippen LogP contribution in [-0.2, 0) is 17.8 Å². The molecule has 0 radical (unpaired) electrons. The molecule has 118 valence electrons. The second-order valence-corrected chi connectivity index (χ2v) is 5.12. The van der Waals surface area contributed by atoms with Crippen molar-refractivity contribution in [2.75, 3.05) is 0 Å². The molecule has 0 N–H and O–H groups in total. The van der Waals surface area contributed by atoms with Crippen LogP contribution >= 0.6 is 0 Å². The first kappa shape index (κ1) is 15.1. The van der Waals surface area contributed by atoms with Gasteiger partial charge in [-0.3, -0.25) is 0 Å². The minimum absolute atomic E-state index is 0.0531. The van der Waals surface area contributed by atoms with Crippen LogP contribution in [0.4, 0.5) is 0 Å². The average Bonchev–Trinajstić information content (AvgIpc) is 3.01. The number of carbonyl (C=O) groups is 1. The van der Waals surface area contributed by atoms with Crippen molar-refractivity contribution >= 4 is 17.0 Å². The van der Waals surface area contributed by atoms with Crippen molar-refractivity contribution in [3.8, 4) is 0 Å². The van der Waals surface area contributed by atoms with Crippen LogP contribution in [-0.4, -0.2) is 26.1 Å². The van der Waals surface area contributed by atoms with E-state index in [1.807, 2.05) is 20.8 Å². The third-order valence-corrected chi connectivity index (χ3v) is 3.45. The van der Waals surface area contributed by atoms with Gasteiger partial charge in [0.1, 0.15) is 0 Å². The zero-order valence-electron chi connectivity index (χ0n) is 13.2. The lowest BCUT2D eigenvalue weighted by atomic mass is 10.2. The molecule has 0 unspecified atom stereocenters. The van der Waals surface area contributed by atoms with E-state index in [2.05, 4.69) is 20.2 Å². The summed E-state index contributed by atoms with van der Waals surface area (Å²) in [7, 11) is 0. The van der Waals surface area contributed by atoms with Gasteiger partial charge in [0, 0.05) is 6.42 Å². The molecule has 1 aromatic carbocycles. The topological polar surface area (TPSA) is 91.0 Å². The Labute approximate surface area is 132 Å². The van der Waals surface area contributed by atoms with Crippen LogP contribution in [0.3, 0.4) is 0 Å². The minimum atomic E-state index is -0.469. The number of hydrogen-bond acceptors (Lipinski definition) is 7. The fourth-order valence-corrected chi connectivity index (χ4v) is 2.06. The van der Waals surface area contributed by atoms with E-state index in [0.29, 0.717) is 23.4 Å². The molecule has 2 heterocycles. The number of ether oxygens (including phenoxy) is 1. The number of esters is 1. The molecule has 0 atom stereocenters. The quantitative estimate of drug-likeness (QED) is 0.684. The van der Waals surface area contributed by atoms with Crippen LogP contribution < -0.4 is 0 Å². The van der Waals surface area contributed by atoms with Crippen LogP contribution in [0.25, 0.3) is 11.0 Å². The fourth-order valence-electron chi connectivity index (χ4n) is 2.06. The van der Waals surface area contributed by atoms with Crippen LogP contribution in [0.1, 0.15) is 40.5 Å². The van der Waals surface area contributed by atoms with Gasteiger partial charge in [-0.2, -0.15) is 0 Å². The number of fused-ring (bicyclic) bond motifs is 1. The maximum Gasteiger partial charge on any atom is 0.338 e. The lowest BCUT2D eigenvalue weighted by Gasteiger charge is -2.05. The van der Waals surface area contributed by atoms with Gasteiger partial charge in [-0.15, -0.1) is 10.2 Å². The summed E-state index contributed by atoms with van der Waals surface area (Å²) >= 11 is 0. The number of benzene rings is 1. The smallest absolute Gasteiger partial charge is 0.338 e. The van der Waals surface area contributed by atoms with Gasteiger partial charge in [0.25, 0.3) is 5.89 Å². The highest BCUT2D eigenvalue weighted by Crippen LogP contribution is 2.15. The minimum Gasteiger partial charge on any atom is -0.452 e. The highest BCUT2D eigenvalue weighted by Gasteiger charge is 2.12. The first-order valence-electron chi connectivity index (χ1n) is 7.30. The van der Waals surface area contributed by atoms with Crippen LogP contribution in [0, 0.1) is 13.8 Å². The molecule has 3 aromatic rings. The molecule has 7 nitrogen and oxygen atoms in total. The Bertz CT molecular complexity index is 873. The van der Waals surface area contributed by atoms with E-state index in [1.54, 1.807) is 18.2 Å². The van der Waals surface area contributed by atoms with Gasteiger partial charge in [0.2, 0.25) is 5.89 Å². The predicted octanol–water partition coefficient (Wildman–Crippen LogP) is 2.55. The van der Waals surface area contributed by atoms with Gasteiger partial charge in [0.05, 0.1) is 28.0 Å². The second kappa shape index (κ2) is 6.12. The summed E-state index contributed by atoms with van der Waals surface area (Å²) in [5, 5.41) is 7.63. The molecular weight excluding hydrogens is 296 g/mol. The van der Waals surface area contributed by atoms with Crippen molar-refractivity contribution in [2.45, 2.75) is 33.8 Å². The van der Waals surface area contributed by atoms with Crippen LogP contribution in [0.5, 0.6) is 0 Å². The van der Waals surface area contributed by atoms with Gasteiger partial charge in [-0.25, -0.2) is 14.8 Å². The van der Waals surface area contributed by atoms with Gasteiger partial charge in [0.15, 0.2) is 6.61 Å². The lowest BCUT2D eigenvalue weighted by molar-refractivity contribution is 0.0436. The fraction of sp³-hybridized carbons (Fsp3) is 0.312. The van der Waals surface area contributed by atoms with Crippen molar-refractivity contribution in [3.05, 3.63) is 46.9 Å². The number of nitrogens with zero attached hydrogens (tertiary/aromatic N) is 4. The Morgan fingerprint density at radius 3 is 2.48 bits per heavy atom. The predicted molar refractivity (Wildman–Crippen MR) is 81.8 cm³/mol. The third-order valence-electron chi connectivity index (χ3n) is 3.45. The number of hydrogen-bond donors (Lipinski definition) is 0. The standard InChI is InChI=1S/C16H16N4O3/c1-4-14-19-20-15(23-14)8-22-16(21)11-5-6-12-13(7-11)18-10(3)9(2)17-12/h5-7H,4,8H2,1-3H3. The highest BCUT2D eigenvalue weighted by atomic mass is 16.5. The monoisotopic (exact) mass is 312 g/mol. The third kappa shape index (κ3) is 3.18. The lowest BCUT2D eigenvalue weighted by Crippen LogP contribution is -2.06. The summed E-state index contributed by atoms with van der Waals surface area (Å²) in [4.78, 5) is 21.0. The number of aryl methyl sites for hydroxylation is 3. The summed E-state index contributed by atoms with van der Waals surface area (Å²) in [5.74, 6) is 0.327. The van der Waals surface area contributed by atoms with Crippen molar-refractivity contribution in [1.82, 2.24) is 20.2 Å². The van der Waals surface area contributed by atoms with E-state index in [1.165, 1.54) is 0 Å². The first-order valence-corrected chi connectivity index (χ1v) is 7.30. The Kier molecular flexibility index (Phi) is 4.01. The van der Waals surface area contributed by atoms with E-state index >= 15 is 0 Å². The zero-order valence-corrected chi connectivity index (χ0v) is 13.2. The molecule has 0 aliphatic rings. The summed E-state index contributed by atoms with van der Waals surface area (Å²) in [6.07, 6.45) is 0.642. The zero-order chi connectivity index (χ0) is 16.4. The largest absolute Gasteiger partial charge is 0.452 e. The van der Waals surface area contributed by atoms with E-state index in [9.17, 15) is 4.79 Å². The molecule has 7 heteroatoms. The summed E-state index contributed by atoms with van der Waals surface area (Å²) in [6.45, 7) is 5.64.